The maximum atomic E-state index is 4.28. The lowest BCUT2D eigenvalue weighted by molar-refractivity contribution is 0.528. The van der Waals surface area contributed by atoms with Crippen molar-refractivity contribution in [1.29, 1.82) is 0 Å². The van der Waals surface area contributed by atoms with Gasteiger partial charge in [-0.2, -0.15) is 0 Å². The lowest BCUT2D eigenvalue weighted by Gasteiger charge is -2.14. The Morgan fingerprint density at radius 2 is 2.05 bits per heavy atom. The van der Waals surface area contributed by atoms with Crippen LogP contribution in [0.1, 0.15) is 53.3 Å². The summed E-state index contributed by atoms with van der Waals surface area (Å²) >= 11 is 1.86. The summed E-state index contributed by atoms with van der Waals surface area (Å²) in [5.41, 5.74) is 1.39. The molecule has 0 aliphatic heterocycles. The van der Waals surface area contributed by atoms with Crippen molar-refractivity contribution in [2.75, 3.05) is 0 Å². The average Bonchev–Trinajstić information content (AvgIpc) is 2.91. The smallest absolute Gasteiger partial charge is 0.147 e. The Balaban J connectivity index is 2.03. The largest absolute Gasteiger partial charge is 0.314 e. The maximum absolute atomic E-state index is 4.28. The summed E-state index contributed by atoms with van der Waals surface area (Å²) in [6, 6.07) is 2.62. The maximum Gasteiger partial charge on any atom is 0.147 e. The summed E-state index contributed by atoms with van der Waals surface area (Å²) < 4.78 is 2.20. The van der Waals surface area contributed by atoms with Crippen LogP contribution in [0.2, 0.25) is 0 Å². The third-order valence-corrected chi connectivity index (χ3v) is 4.55. The second kappa shape index (κ2) is 6.50. The molecular weight excluding hydrogens is 268 g/mol. The van der Waals surface area contributed by atoms with Crippen LogP contribution in [0, 0.1) is 20.8 Å². The first kappa shape index (κ1) is 15.2. The first-order valence-electron chi connectivity index (χ1n) is 7.22. The second-order valence-corrected chi connectivity index (χ2v) is 6.75. The molecule has 20 heavy (non-hydrogen) atoms. The van der Waals surface area contributed by atoms with Gasteiger partial charge in [0.1, 0.15) is 11.6 Å². The van der Waals surface area contributed by atoms with E-state index in [1.54, 1.807) is 0 Å². The van der Waals surface area contributed by atoms with E-state index in [-0.39, 0.29) is 0 Å². The minimum Gasteiger partial charge on any atom is -0.314 e. The van der Waals surface area contributed by atoms with Gasteiger partial charge in [0, 0.05) is 22.3 Å². The van der Waals surface area contributed by atoms with Gasteiger partial charge in [-0.1, -0.05) is 6.92 Å². The van der Waals surface area contributed by atoms with Crippen molar-refractivity contribution < 1.29 is 0 Å². The van der Waals surface area contributed by atoms with Crippen LogP contribution in [0.3, 0.4) is 0 Å². The average molecular weight is 292 g/mol. The van der Waals surface area contributed by atoms with E-state index in [0.717, 1.165) is 31.2 Å². The van der Waals surface area contributed by atoms with Crippen LogP contribution in [0.5, 0.6) is 0 Å². The van der Waals surface area contributed by atoms with Gasteiger partial charge in [0.2, 0.25) is 0 Å². The van der Waals surface area contributed by atoms with Crippen molar-refractivity contribution in [2.45, 2.75) is 60.2 Å². The van der Waals surface area contributed by atoms with Gasteiger partial charge < -0.3 is 9.88 Å². The van der Waals surface area contributed by atoms with Gasteiger partial charge in [0.05, 0.1) is 6.54 Å². The Bertz CT molecular complexity index is 570. The van der Waals surface area contributed by atoms with Crippen molar-refractivity contribution >= 4 is 11.3 Å². The van der Waals surface area contributed by atoms with Crippen molar-refractivity contribution in [3.05, 3.63) is 33.0 Å². The minimum absolute atomic E-state index is 0.340. The van der Waals surface area contributed by atoms with Gasteiger partial charge in [0.25, 0.3) is 0 Å². The summed E-state index contributed by atoms with van der Waals surface area (Å²) in [7, 11) is 0. The highest BCUT2D eigenvalue weighted by Crippen LogP contribution is 2.26. The van der Waals surface area contributed by atoms with Crippen LogP contribution in [0.4, 0.5) is 0 Å². The third kappa shape index (κ3) is 3.27. The molecule has 0 saturated heterocycles. The van der Waals surface area contributed by atoms with E-state index in [1.165, 1.54) is 15.3 Å². The summed E-state index contributed by atoms with van der Waals surface area (Å²) in [4.78, 5) is 2.77. The zero-order chi connectivity index (χ0) is 14.7. The van der Waals surface area contributed by atoms with E-state index in [0.29, 0.717) is 6.04 Å². The van der Waals surface area contributed by atoms with Crippen molar-refractivity contribution in [3.63, 3.8) is 0 Å². The van der Waals surface area contributed by atoms with E-state index in [2.05, 4.69) is 53.8 Å². The standard InChI is InChI=1S/C15H24N4S/c1-6-7-19-13(5)17-18-15(19)9-16-11(3)14-8-10(2)20-12(14)4/h8,11,16H,6-7,9H2,1-5H3/t11-/m1/s1. The molecule has 2 heterocycles. The second-order valence-electron chi connectivity index (χ2n) is 5.29. The molecular formula is C15H24N4S. The van der Waals surface area contributed by atoms with Gasteiger partial charge in [-0.15, -0.1) is 21.5 Å². The zero-order valence-electron chi connectivity index (χ0n) is 13.0. The van der Waals surface area contributed by atoms with Crippen molar-refractivity contribution in [1.82, 2.24) is 20.1 Å². The van der Waals surface area contributed by atoms with E-state index in [4.69, 9.17) is 0 Å². The highest BCUT2D eigenvalue weighted by molar-refractivity contribution is 7.12. The number of thiophene rings is 1. The lowest BCUT2D eigenvalue weighted by atomic mass is 10.1. The Labute approximate surface area is 125 Å². The molecule has 0 saturated carbocycles. The Kier molecular flexibility index (Phi) is 4.94. The minimum atomic E-state index is 0.340. The number of hydrogen-bond donors (Lipinski definition) is 1. The molecule has 4 nitrogen and oxygen atoms in total. The number of nitrogens with one attached hydrogen (secondary N) is 1. The molecule has 110 valence electrons. The molecule has 0 amide bonds. The Morgan fingerprint density at radius 1 is 1.30 bits per heavy atom. The predicted octanol–water partition coefficient (Wildman–Crippen LogP) is 3.53. The third-order valence-electron chi connectivity index (χ3n) is 3.57. The molecule has 2 aromatic rings. The molecule has 2 aromatic heterocycles. The number of aryl methyl sites for hydroxylation is 3. The van der Waals surface area contributed by atoms with Gasteiger partial charge >= 0.3 is 0 Å². The fraction of sp³-hybridized carbons (Fsp3) is 0.600. The number of hydrogen-bond acceptors (Lipinski definition) is 4. The van der Waals surface area contributed by atoms with E-state index < -0.39 is 0 Å². The fourth-order valence-electron chi connectivity index (χ4n) is 2.50. The first-order chi connectivity index (χ1) is 9.52. The van der Waals surface area contributed by atoms with Crippen molar-refractivity contribution in [3.8, 4) is 0 Å². The molecule has 2 rings (SSSR count). The molecule has 0 bridgehead atoms. The molecule has 0 aliphatic carbocycles. The van der Waals surface area contributed by atoms with Crippen LogP contribution >= 0.6 is 11.3 Å². The van der Waals surface area contributed by atoms with E-state index >= 15 is 0 Å². The van der Waals surface area contributed by atoms with Crippen LogP contribution in [-0.4, -0.2) is 14.8 Å². The highest BCUT2D eigenvalue weighted by atomic mass is 32.1. The van der Waals surface area contributed by atoms with Gasteiger partial charge in [-0.05, 0) is 45.7 Å². The first-order valence-corrected chi connectivity index (χ1v) is 8.03. The molecule has 0 unspecified atom stereocenters. The fourth-order valence-corrected chi connectivity index (χ4v) is 3.53. The van der Waals surface area contributed by atoms with E-state index in [9.17, 15) is 0 Å². The van der Waals surface area contributed by atoms with Crippen LogP contribution < -0.4 is 5.32 Å². The van der Waals surface area contributed by atoms with Gasteiger partial charge in [-0.3, -0.25) is 0 Å². The monoisotopic (exact) mass is 292 g/mol. The molecule has 1 N–H and O–H groups in total. The lowest BCUT2D eigenvalue weighted by Crippen LogP contribution is -2.21. The summed E-state index contributed by atoms with van der Waals surface area (Å²) in [5.74, 6) is 2.03. The molecule has 0 aromatic carbocycles. The van der Waals surface area contributed by atoms with E-state index in [1.807, 2.05) is 18.3 Å². The normalized spacial score (nSPS) is 12.8. The summed E-state index contributed by atoms with van der Waals surface area (Å²) in [5, 5.41) is 12.0. The zero-order valence-corrected chi connectivity index (χ0v) is 13.8. The molecule has 5 heteroatoms. The molecule has 1 atom stereocenters. The highest BCUT2D eigenvalue weighted by Gasteiger charge is 2.13. The van der Waals surface area contributed by atoms with Gasteiger partial charge in [-0.25, -0.2) is 0 Å². The topological polar surface area (TPSA) is 42.7 Å². The van der Waals surface area contributed by atoms with Crippen LogP contribution in [0.25, 0.3) is 0 Å². The summed E-state index contributed by atoms with van der Waals surface area (Å²) in [6.45, 7) is 12.5. The molecule has 0 radical (unpaired) electrons. The predicted molar refractivity (Wildman–Crippen MR) is 84.1 cm³/mol. The quantitative estimate of drug-likeness (QED) is 0.885. The summed E-state index contributed by atoms with van der Waals surface area (Å²) in [6.07, 6.45) is 1.10. The Morgan fingerprint density at radius 3 is 2.65 bits per heavy atom. The number of nitrogens with zero attached hydrogens (tertiary/aromatic N) is 3. The van der Waals surface area contributed by atoms with Crippen molar-refractivity contribution in [2.24, 2.45) is 0 Å². The number of aromatic nitrogens is 3. The number of rotatable bonds is 6. The Hall–Kier alpha value is -1.20. The SMILES string of the molecule is CCCn1c(C)nnc1CN[C@H](C)c1cc(C)sc1C. The molecule has 0 spiro atoms. The van der Waals surface area contributed by atoms with Crippen LogP contribution in [0.15, 0.2) is 6.07 Å². The molecule has 0 fully saturated rings. The van der Waals surface area contributed by atoms with Gasteiger partial charge in [0.15, 0.2) is 0 Å². The molecule has 0 aliphatic rings. The van der Waals surface area contributed by atoms with Crippen LogP contribution in [-0.2, 0) is 13.1 Å².